The second-order valence-electron chi connectivity index (χ2n) is 3.14. The van der Waals surface area contributed by atoms with Gasteiger partial charge >= 0.3 is 0 Å². The number of morpholine rings is 1. The van der Waals surface area contributed by atoms with Crippen molar-refractivity contribution < 1.29 is 9.13 Å². The maximum atomic E-state index is 12.8. The maximum absolute atomic E-state index is 12.8. The number of halogens is 1. The van der Waals surface area contributed by atoms with Gasteiger partial charge in [-0.05, 0) is 12.1 Å². The van der Waals surface area contributed by atoms with E-state index in [0.717, 1.165) is 13.1 Å². The number of nitrogen functional groups attached to an aromatic ring is 1. The smallest absolute Gasteiger partial charge is 0.165 e. The monoisotopic (exact) mass is 197 g/mol. The summed E-state index contributed by atoms with van der Waals surface area (Å²) in [6.45, 7) is 2.91. The second-order valence-corrected chi connectivity index (χ2v) is 3.14. The summed E-state index contributed by atoms with van der Waals surface area (Å²) in [5, 5.41) is 0. The average molecular weight is 197 g/mol. The highest BCUT2D eigenvalue weighted by Gasteiger charge is 2.13. The van der Waals surface area contributed by atoms with Crippen LogP contribution in [-0.4, -0.2) is 31.3 Å². The summed E-state index contributed by atoms with van der Waals surface area (Å²) >= 11 is 0. The fourth-order valence-corrected chi connectivity index (χ4v) is 1.42. The molecule has 0 bridgehead atoms. The molecule has 2 heterocycles. The summed E-state index contributed by atoms with van der Waals surface area (Å²) in [4.78, 5) is 6.00. The zero-order chi connectivity index (χ0) is 9.97. The van der Waals surface area contributed by atoms with Crippen LogP contribution in [0.2, 0.25) is 0 Å². The van der Waals surface area contributed by atoms with Gasteiger partial charge in [0.15, 0.2) is 11.6 Å². The zero-order valence-electron chi connectivity index (χ0n) is 7.74. The molecule has 1 aromatic rings. The lowest BCUT2D eigenvalue weighted by Gasteiger charge is -2.27. The Morgan fingerprint density at radius 2 is 2.07 bits per heavy atom. The predicted octanol–water partition coefficient (Wildman–Crippen LogP) is 0.639. The highest BCUT2D eigenvalue weighted by atomic mass is 19.1. The highest BCUT2D eigenvalue weighted by Crippen LogP contribution is 2.16. The first kappa shape index (κ1) is 9.21. The van der Waals surface area contributed by atoms with Crippen molar-refractivity contribution in [1.29, 1.82) is 0 Å². The van der Waals surface area contributed by atoms with Crippen molar-refractivity contribution in [2.45, 2.75) is 0 Å². The van der Waals surface area contributed by atoms with Crippen molar-refractivity contribution in [3.63, 3.8) is 0 Å². The van der Waals surface area contributed by atoms with E-state index in [1.165, 1.54) is 6.07 Å². The lowest BCUT2D eigenvalue weighted by molar-refractivity contribution is 0.122. The molecule has 76 valence electrons. The van der Waals surface area contributed by atoms with Crippen LogP contribution in [0.1, 0.15) is 0 Å². The summed E-state index contributed by atoms with van der Waals surface area (Å²) in [6, 6.07) is 2.98. The number of pyridine rings is 1. The Labute approximate surface area is 81.5 Å². The summed E-state index contributed by atoms with van der Waals surface area (Å²) in [5.74, 6) is 0.197. The summed E-state index contributed by atoms with van der Waals surface area (Å²) in [6.07, 6.45) is 0. The molecular formula is C9H12FN3O. The van der Waals surface area contributed by atoms with E-state index in [0.29, 0.717) is 19.0 Å². The number of ether oxygens (including phenoxy) is 1. The lowest BCUT2D eigenvalue weighted by Crippen LogP contribution is -2.36. The van der Waals surface area contributed by atoms with Gasteiger partial charge < -0.3 is 15.4 Å². The summed E-state index contributed by atoms with van der Waals surface area (Å²) < 4.78 is 18.0. The van der Waals surface area contributed by atoms with Gasteiger partial charge in [0.1, 0.15) is 5.82 Å². The number of anilines is 2. The molecule has 1 fully saturated rings. The number of rotatable bonds is 1. The van der Waals surface area contributed by atoms with Gasteiger partial charge in [0, 0.05) is 13.1 Å². The Morgan fingerprint density at radius 1 is 1.36 bits per heavy atom. The highest BCUT2D eigenvalue weighted by molar-refractivity contribution is 5.45. The molecule has 0 radical (unpaired) electrons. The molecule has 0 unspecified atom stereocenters. The van der Waals surface area contributed by atoms with Gasteiger partial charge in [-0.1, -0.05) is 0 Å². The molecule has 0 aromatic carbocycles. The van der Waals surface area contributed by atoms with Gasteiger partial charge in [0.05, 0.1) is 13.2 Å². The molecule has 1 saturated heterocycles. The van der Waals surface area contributed by atoms with E-state index in [1.807, 2.05) is 4.90 Å². The molecule has 2 rings (SSSR count). The fraction of sp³-hybridized carbons (Fsp3) is 0.444. The topological polar surface area (TPSA) is 51.4 Å². The third kappa shape index (κ3) is 1.77. The minimum Gasteiger partial charge on any atom is -0.381 e. The number of nitrogens with two attached hydrogens (primary N) is 1. The first-order chi connectivity index (χ1) is 6.77. The molecule has 1 aliphatic heterocycles. The van der Waals surface area contributed by atoms with Crippen molar-refractivity contribution in [3.8, 4) is 0 Å². The number of nitrogens with zero attached hydrogens (tertiary/aromatic N) is 2. The van der Waals surface area contributed by atoms with Crippen LogP contribution in [0.4, 0.5) is 16.0 Å². The molecule has 0 amide bonds. The van der Waals surface area contributed by atoms with Crippen molar-refractivity contribution in [2.24, 2.45) is 0 Å². The average Bonchev–Trinajstić information content (AvgIpc) is 2.23. The fourth-order valence-electron chi connectivity index (χ4n) is 1.42. The van der Waals surface area contributed by atoms with E-state index in [9.17, 15) is 4.39 Å². The van der Waals surface area contributed by atoms with Gasteiger partial charge in [-0.2, -0.15) is 0 Å². The maximum Gasteiger partial charge on any atom is 0.165 e. The summed E-state index contributed by atoms with van der Waals surface area (Å²) in [7, 11) is 0. The molecule has 0 saturated carbocycles. The van der Waals surface area contributed by atoms with Crippen LogP contribution in [0, 0.1) is 5.82 Å². The van der Waals surface area contributed by atoms with E-state index in [1.54, 1.807) is 6.07 Å². The van der Waals surface area contributed by atoms with Crippen LogP contribution in [-0.2, 0) is 4.74 Å². The van der Waals surface area contributed by atoms with Crippen molar-refractivity contribution in [2.75, 3.05) is 36.9 Å². The van der Waals surface area contributed by atoms with E-state index in [2.05, 4.69) is 4.98 Å². The largest absolute Gasteiger partial charge is 0.381 e. The predicted molar refractivity (Wildman–Crippen MR) is 51.6 cm³/mol. The Bertz CT molecular complexity index is 326. The van der Waals surface area contributed by atoms with Crippen LogP contribution in [0.5, 0.6) is 0 Å². The first-order valence-corrected chi connectivity index (χ1v) is 4.52. The minimum absolute atomic E-state index is 0.0472. The molecule has 2 N–H and O–H groups in total. The van der Waals surface area contributed by atoms with Crippen molar-refractivity contribution >= 4 is 11.6 Å². The quantitative estimate of drug-likeness (QED) is 0.717. The van der Waals surface area contributed by atoms with E-state index in [4.69, 9.17) is 10.5 Å². The van der Waals surface area contributed by atoms with Gasteiger partial charge in [0.25, 0.3) is 0 Å². The molecule has 4 nitrogen and oxygen atoms in total. The van der Waals surface area contributed by atoms with Crippen LogP contribution >= 0.6 is 0 Å². The third-order valence-corrected chi connectivity index (χ3v) is 2.19. The number of hydrogen-bond acceptors (Lipinski definition) is 4. The minimum atomic E-state index is -0.470. The zero-order valence-corrected chi connectivity index (χ0v) is 7.74. The van der Waals surface area contributed by atoms with Crippen molar-refractivity contribution in [1.82, 2.24) is 4.98 Å². The van der Waals surface area contributed by atoms with Crippen LogP contribution in [0.3, 0.4) is 0 Å². The van der Waals surface area contributed by atoms with Gasteiger partial charge in [0.2, 0.25) is 0 Å². The molecule has 1 aromatic heterocycles. The van der Waals surface area contributed by atoms with E-state index >= 15 is 0 Å². The second kappa shape index (κ2) is 3.79. The number of hydrogen-bond donors (Lipinski definition) is 1. The molecule has 14 heavy (non-hydrogen) atoms. The van der Waals surface area contributed by atoms with E-state index < -0.39 is 5.82 Å². The Balaban J connectivity index is 2.18. The normalized spacial score (nSPS) is 17.1. The molecule has 5 heteroatoms. The lowest BCUT2D eigenvalue weighted by atomic mass is 10.3. The molecule has 0 aliphatic carbocycles. The Morgan fingerprint density at radius 3 is 2.71 bits per heavy atom. The van der Waals surface area contributed by atoms with E-state index in [-0.39, 0.29) is 5.82 Å². The molecule has 1 aliphatic rings. The van der Waals surface area contributed by atoms with Crippen LogP contribution in [0.25, 0.3) is 0 Å². The van der Waals surface area contributed by atoms with Crippen molar-refractivity contribution in [3.05, 3.63) is 17.9 Å². The Kier molecular flexibility index (Phi) is 2.49. The Hall–Kier alpha value is -1.36. The molecule has 0 atom stereocenters. The third-order valence-electron chi connectivity index (χ3n) is 2.19. The summed E-state index contributed by atoms with van der Waals surface area (Å²) in [5.41, 5.74) is 5.38. The van der Waals surface area contributed by atoms with Gasteiger partial charge in [-0.15, -0.1) is 0 Å². The first-order valence-electron chi connectivity index (χ1n) is 4.52. The molecular weight excluding hydrogens is 185 g/mol. The van der Waals surface area contributed by atoms with Gasteiger partial charge in [-0.3, -0.25) is 0 Å². The standard InChI is InChI=1S/C9H12FN3O/c10-7-1-2-8(12-9(7)11)13-3-5-14-6-4-13/h1-2H,3-6H2,(H2,11,12). The van der Waals surface area contributed by atoms with Crippen LogP contribution in [0.15, 0.2) is 12.1 Å². The van der Waals surface area contributed by atoms with Gasteiger partial charge in [-0.25, -0.2) is 9.37 Å². The molecule has 0 spiro atoms. The number of aromatic nitrogens is 1. The van der Waals surface area contributed by atoms with Crippen LogP contribution < -0.4 is 10.6 Å². The SMILES string of the molecule is Nc1nc(N2CCOCC2)ccc1F.